The highest BCUT2D eigenvalue weighted by Crippen LogP contribution is 2.01. The van der Waals surface area contributed by atoms with E-state index >= 15 is 0 Å². The molecule has 0 heterocycles. The van der Waals surface area contributed by atoms with E-state index in [4.69, 9.17) is 19.3 Å². The van der Waals surface area contributed by atoms with Gasteiger partial charge in [-0.1, -0.05) is 67.7 Å². The predicted molar refractivity (Wildman–Crippen MR) is 142 cm³/mol. The van der Waals surface area contributed by atoms with Crippen LogP contribution in [-0.2, 0) is 23.8 Å². The molecule has 0 saturated carbocycles. The van der Waals surface area contributed by atoms with Crippen LogP contribution in [0, 0.1) is 0 Å². The maximum Gasteiger partial charge on any atom is 0.361 e. The van der Waals surface area contributed by atoms with E-state index in [0.717, 1.165) is 25.7 Å². The van der Waals surface area contributed by atoms with Crippen molar-refractivity contribution in [2.75, 3.05) is 47.5 Å². The summed E-state index contributed by atoms with van der Waals surface area (Å²) in [5, 5.41) is 19.0. The van der Waals surface area contributed by atoms with Crippen molar-refractivity contribution in [3.8, 4) is 0 Å². The second-order valence-electron chi connectivity index (χ2n) is 9.14. The van der Waals surface area contributed by atoms with Crippen LogP contribution in [0.3, 0.4) is 0 Å². The number of aliphatic hydroxyl groups excluding tert-OH is 1. The van der Waals surface area contributed by atoms with E-state index in [1.165, 1.54) is 0 Å². The largest absolute Gasteiger partial charge is 0.477 e. The molecule has 0 aromatic rings. The lowest BCUT2D eigenvalue weighted by atomic mass is 10.2. The average molecular weight is 509 g/mol. The van der Waals surface area contributed by atoms with Crippen molar-refractivity contribution in [3.63, 3.8) is 0 Å². The van der Waals surface area contributed by atoms with Gasteiger partial charge in [0.05, 0.1) is 40.8 Å². The van der Waals surface area contributed by atoms with Gasteiger partial charge in [0.15, 0.2) is 0 Å². The van der Waals surface area contributed by atoms with E-state index in [0.29, 0.717) is 17.4 Å². The summed E-state index contributed by atoms with van der Waals surface area (Å²) in [7, 11) is 5.87. The number of aliphatic hydroxyl groups is 1. The Morgan fingerprint density at radius 1 is 0.778 bits per heavy atom. The molecule has 8 nitrogen and oxygen atoms in total. The Kier molecular flexibility index (Phi) is 20.2. The number of carbonyl (C=O) groups is 2. The fourth-order valence-electron chi connectivity index (χ4n) is 2.55. The van der Waals surface area contributed by atoms with E-state index in [-0.39, 0.29) is 26.2 Å². The van der Waals surface area contributed by atoms with Gasteiger partial charge in [-0.3, -0.25) is 4.79 Å². The molecule has 0 aliphatic rings. The summed E-state index contributed by atoms with van der Waals surface area (Å²) in [5.74, 6) is -1.76. The van der Waals surface area contributed by atoms with Gasteiger partial charge < -0.3 is 28.9 Å². The molecule has 0 aromatic heterocycles. The molecule has 204 valence electrons. The first kappa shape index (κ1) is 33.5. The second-order valence-corrected chi connectivity index (χ2v) is 9.14. The number of carboxylic acid groups (broad SMARTS) is 1. The molecule has 0 rings (SSSR count). The molecule has 0 fully saturated rings. The number of carboxylic acids is 1. The van der Waals surface area contributed by atoms with E-state index < -0.39 is 24.3 Å². The van der Waals surface area contributed by atoms with Gasteiger partial charge in [-0.15, -0.1) is 0 Å². The standard InChI is InChI=1S/C28H45NO7/c1-5-6-7-8-9-10-11-12-13-14-15-16-17-18-19-20-26(31)35-23-25(30)24-36-28(27(32)33)34-22-21-29(2,3)4/h6-7,9-10,12-13,15-16,18-19,25,28,30H,5,8,11,14,17,20-24H2,1-4H3/p+1/b7-6-,10-9-,13-12-,16-15-,19-18-. The lowest BCUT2D eigenvalue weighted by Gasteiger charge is -2.24. The lowest BCUT2D eigenvalue weighted by molar-refractivity contribution is -0.870. The number of esters is 1. The molecule has 8 heteroatoms. The Morgan fingerprint density at radius 3 is 1.75 bits per heavy atom. The minimum absolute atomic E-state index is 0.0903. The number of hydrogen-bond acceptors (Lipinski definition) is 6. The van der Waals surface area contributed by atoms with Crippen molar-refractivity contribution >= 4 is 11.9 Å². The summed E-state index contributed by atoms with van der Waals surface area (Å²) in [6.45, 7) is 2.31. The number of carbonyl (C=O) groups excluding carboxylic acids is 1. The molecule has 0 aromatic carbocycles. The van der Waals surface area contributed by atoms with E-state index in [9.17, 15) is 14.7 Å². The first-order valence-electron chi connectivity index (χ1n) is 12.5. The lowest BCUT2D eigenvalue weighted by Crippen LogP contribution is -2.40. The summed E-state index contributed by atoms with van der Waals surface area (Å²) in [5.41, 5.74) is 0. The SMILES string of the molecule is CC/C=C\C/C=C\C/C=C\C/C=C\C/C=C\CC(=O)OCC(O)COC(OCC[N+](C)(C)C)C(=O)O. The summed E-state index contributed by atoms with van der Waals surface area (Å²) < 4.78 is 15.9. The summed E-state index contributed by atoms with van der Waals surface area (Å²) in [4.78, 5) is 23.0. The number of quaternary nitrogens is 1. The third-order valence-electron chi connectivity index (χ3n) is 4.55. The number of hydrogen-bond donors (Lipinski definition) is 2. The minimum Gasteiger partial charge on any atom is -0.477 e. The summed E-state index contributed by atoms with van der Waals surface area (Å²) in [6, 6.07) is 0. The van der Waals surface area contributed by atoms with Crippen LogP contribution >= 0.6 is 0 Å². The van der Waals surface area contributed by atoms with Gasteiger partial charge >= 0.3 is 11.9 Å². The molecule has 0 saturated heterocycles. The van der Waals surface area contributed by atoms with Gasteiger partial charge in [-0.05, 0) is 32.1 Å². The van der Waals surface area contributed by atoms with Crippen molar-refractivity contribution in [3.05, 3.63) is 60.8 Å². The number of ether oxygens (including phenoxy) is 3. The highest BCUT2D eigenvalue weighted by molar-refractivity contribution is 5.71. The maximum atomic E-state index is 11.8. The quantitative estimate of drug-likeness (QED) is 0.104. The first-order chi connectivity index (χ1) is 17.2. The smallest absolute Gasteiger partial charge is 0.361 e. The third-order valence-corrected chi connectivity index (χ3v) is 4.55. The topological polar surface area (TPSA) is 102 Å². The van der Waals surface area contributed by atoms with Crippen molar-refractivity contribution < 1.29 is 38.5 Å². The molecule has 36 heavy (non-hydrogen) atoms. The van der Waals surface area contributed by atoms with Crippen LogP contribution in [0.1, 0.15) is 45.4 Å². The van der Waals surface area contributed by atoms with Crippen molar-refractivity contribution in [1.82, 2.24) is 0 Å². The molecule has 0 bridgehead atoms. The van der Waals surface area contributed by atoms with Gasteiger partial charge in [-0.2, -0.15) is 0 Å². The Labute approximate surface area is 216 Å². The zero-order valence-corrected chi connectivity index (χ0v) is 22.4. The van der Waals surface area contributed by atoms with E-state index in [2.05, 4.69) is 49.5 Å². The van der Waals surface area contributed by atoms with Crippen molar-refractivity contribution in [2.24, 2.45) is 0 Å². The fraction of sp³-hybridized carbons (Fsp3) is 0.571. The first-order valence-corrected chi connectivity index (χ1v) is 12.5. The summed E-state index contributed by atoms with van der Waals surface area (Å²) in [6.07, 6.45) is 22.6. The average Bonchev–Trinajstić information content (AvgIpc) is 2.81. The molecular weight excluding hydrogens is 462 g/mol. The molecule has 0 spiro atoms. The molecule has 0 aliphatic heterocycles. The predicted octanol–water partition coefficient (Wildman–Crippen LogP) is 4.18. The highest BCUT2D eigenvalue weighted by Gasteiger charge is 2.22. The third kappa shape index (κ3) is 23.2. The van der Waals surface area contributed by atoms with Crippen LogP contribution < -0.4 is 0 Å². The Balaban J connectivity index is 3.93. The Bertz CT molecular complexity index is 733. The molecular formula is C28H46NO7+. The molecule has 0 radical (unpaired) electrons. The normalized spacial score (nSPS) is 14.6. The summed E-state index contributed by atoms with van der Waals surface area (Å²) >= 11 is 0. The van der Waals surface area contributed by atoms with Crippen LogP contribution in [-0.4, -0.2) is 86.5 Å². The van der Waals surface area contributed by atoms with Gasteiger partial charge in [0, 0.05) is 0 Å². The van der Waals surface area contributed by atoms with E-state index in [1.54, 1.807) is 6.08 Å². The van der Waals surface area contributed by atoms with Crippen LogP contribution in [0.2, 0.25) is 0 Å². The number of likely N-dealkylation sites (N-methyl/N-ethyl adjacent to an activating group) is 1. The Hall–Kier alpha value is -2.52. The number of nitrogens with zero attached hydrogens (tertiary/aromatic N) is 1. The van der Waals surface area contributed by atoms with Crippen molar-refractivity contribution in [1.29, 1.82) is 0 Å². The molecule has 0 amide bonds. The second kappa shape index (κ2) is 21.7. The monoisotopic (exact) mass is 508 g/mol. The van der Waals surface area contributed by atoms with Gasteiger partial charge in [0.25, 0.3) is 6.29 Å². The maximum absolute atomic E-state index is 11.8. The molecule has 2 unspecified atom stereocenters. The zero-order valence-electron chi connectivity index (χ0n) is 22.4. The van der Waals surface area contributed by atoms with Gasteiger partial charge in [-0.25, -0.2) is 4.79 Å². The molecule has 2 N–H and O–H groups in total. The number of aliphatic carboxylic acids is 1. The number of allylic oxidation sites excluding steroid dienone is 9. The van der Waals surface area contributed by atoms with E-state index in [1.807, 2.05) is 33.3 Å². The van der Waals surface area contributed by atoms with Gasteiger partial charge in [0.1, 0.15) is 19.3 Å². The highest BCUT2D eigenvalue weighted by atomic mass is 16.7. The number of rotatable bonds is 21. The molecule has 2 atom stereocenters. The Morgan fingerprint density at radius 2 is 1.28 bits per heavy atom. The van der Waals surface area contributed by atoms with Crippen LogP contribution in [0.25, 0.3) is 0 Å². The fourth-order valence-corrected chi connectivity index (χ4v) is 2.55. The zero-order chi connectivity index (χ0) is 27.1. The van der Waals surface area contributed by atoms with Crippen LogP contribution in [0.15, 0.2) is 60.8 Å². The van der Waals surface area contributed by atoms with Crippen molar-refractivity contribution in [2.45, 2.75) is 57.8 Å². The van der Waals surface area contributed by atoms with Crippen LogP contribution in [0.5, 0.6) is 0 Å². The van der Waals surface area contributed by atoms with Gasteiger partial charge in [0.2, 0.25) is 0 Å². The van der Waals surface area contributed by atoms with Crippen LogP contribution in [0.4, 0.5) is 0 Å². The molecule has 0 aliphatic carbocycles. The minimum atomic E-state index is -1.48.